The molecule has 11 rings (SSSR count). The molecule has 0 aromatic carbocycles. The van der Waals surface area contributed by atoms with Gasteiger partial charge in [0.05, 0.1) is 77.3 Å². The van der Waals surface area contributed by atoms with Gasteiger partial charge in [-0.3, -0.25) is 4.79 Å². The predicted molar refractivity (Wildman–Crippen MR) is 314 cm³/mol. The smallest absolute Gasteiger partial charge is 0.317 e. The van der Waals surface area contributed by atoms with Crippen LogP contribution in [-0.2, 0) is 61.6 Å². The fourth-order valence-corrected chi connectivity index (χ4v) is 18.8. The normalized spacial score (nSPS) is 54.0. The van der Waals surface area contributed by atoms with E-state index in [-0.39, 0.29) is 30.6 Å². The lowest BCUT2D eigenvalue weighted by Crippen LogP contribution is -2.71. The summed E-state index contributed by atoms with van der Waals surface area (Å²) in [6, 6.07) is 0. The number of rotatable bonds is 17. The van der Waals surface area contributed by atoms with Gasteiger partial charge in [0, 0.05) is 5.41 Å². The second-order valence-corrected chi connectivity index (χ2v) is 30.7. The minimum atomic E-state index is -2.09. The molecule has 0 amide bonds. The summed E-state index contributed by atoms with van der Waals surface area (Å²) in [5, 5.41) is 221. The van der Waals surface area contributed by atoms with Gasteiger partial charge in [-0.1, -0.05) is 46.3 Å². The molecule has 552 valence electrons. The lowest BCUT2D eigenvalue weighted by atomic mass is 9.33. The molecule has 0 radical (unpaired) electrons. The molecule has 0 aromatic rings. The Morgan fingerprint density at radius 1 is 0.552 bits per heavy atom. The van der Waals surface area contributed by atoms with Gasteiger partial charge in [-0.15, -0.1) is 0 Å². The Balaban J connectivity index is 0.793. The maximum atomic E-state index is 15.5. The highest BCUT2D eigenvalue weighted by Crippen LogP contribution is 2.76. The largest absolute Gasteiger partial charge is 0.432 e. The van der Waals surface area contributed by atoms with Crippen molar-refractivity contribution in [2.75, 3.05) is 52.9 Å². The molecule has 0 spiro atoms. The molecule has 10 fully saturated rings. The Labute approximate surface area is 553 Å². The summed E-state index contributed by atoms with van der Waals surface area (Å²) < 4.78 is 70.1. The minimum absolute atomic E-state index is 0.0176. The number of fused-ring (bicyclic) bond motifs is 7. The van der Waals surface area contributed by atoms with Crippen LogP contribution >= 0.6 is 0 Å². The van der Waals surface area contributed by atoms with Crippen molar-refractivity contribution in [3.63, 3.8) is 0 Å². The van der Waals surface area contributed by atoms with Gasteiger partial charge in [0.25, 0.3) is 0 Å². The predicted octanol–water partition coefficient (Wildman–Crippen LogP) is -7.55. The lowest BCUT2D eigenvalue weighted by Gasteiger charge is -2.72. The van der Waals surface area contributed by atoms with Crippen molar-refractivity contribution in [3.05, 3.63) is 11.6 Å². The second kappa shape index (κ2) is 27.9. The molecule has 5 aliphatic carbocycles. The van der Waals surface area contributed by atoms with Gasteiger partial charge >= 0.3 is 5.97 Å². The van der Waals surface area contributed by atoms with Crippen molar-refractivity contribution >= 4 is 5.97 Å². The zero-order valence-electron chi connectivity index (χ0n) is 54.5. The summed E-state index contributed by atoms with van der Waals surface area (Å²) in [5.74, 6) is -2.50. The average Bonchev–Trinajstić information content (AvgIpc) is 1.24. The van der Waals surface area contributed by atoms with E-state index in [1.54, 1.807) is 0 Å². The Morgan fingerprint density at radius 3 is 1.81 bits per heavy atom. The molecule has 33 nitrogen and oxygen atoms in total. The monoisotopic (exact) mass is 1390 g/mol. The molecule has 4 saturated carbocycles. The number of allylic oxidation sites excluding steroid dienone is 2. The first-order valence-electron chi connectivity index (χ1n) is 33.4. The van der Waals surface area contributed by atoms with E-state index >= 15 is 4.79 Å². The number of hydrogen-bond acceptors (Lipinski definition) is 33. The zero-order chi connectivity index (χ0) is 70.1. The van der Waals surface area contributed by atoms with E-state index in [1.807, 2.05) is 6.92 Å². The molecule has 36 atom stereocenters. The van der Waals surface area contributed by atoms with Crippen molar-refractivity contribution in [1.29, 1.82) is 0 Å². The summed E-state index contributed by atoms with van der Waals surface area (Å²) in [7, 11) is 0. The van der Waals surface area contributed by atoms with Gasteiger partial charge < -0.3 is 159 Å². The van der Waals surface area contributed by atoms with Crippen LogP contribution < -0.4 is 0 Å². The summed E-state index contributed by atoms with van der Waals surface area (Å²) in [6.45, 7) is 6.34. The highest BCUT2D eigenvalue weighted by Gasteiger charge is 2.74. The fraction of sp³-hybridized carbons (Fsp3) is 0.952. The highest BCUT2D eigenvalue weighted by molar-refractivity contribution is 5.80. The second-order valence-electron chi connectivity index (χ2n) is 30.7. The van der Waals surface area contributed by atoms with Crippen LogP contribution in [0.3, 0.4) is 0 Å². The first kappa shape index (κ1) is 75.1. The van der Waals surface area contributed by atoms with Crippen LogP contribution in [0.1, 0.15) is 92.9 Å². The number of aliphatic hydroxyl groups is 20. The molecule has 6 aliphatic heterocycles. The molecule has 6 saturated heterocycles. The van der Waals surface area contributed by atoms with Crippen LogP contribution in [-0.4, -0.2) is 339 Å². The first-order valence-corrected chi connectivity index (χ1v) is 33.4. The van der Waals surface area contributed by atoms with Crippen molar-refractivity contribution in [2.24, 2.45) is 50.2 Å². The minimum Gasteiger partial charge on any atom is -0.432 e. The number of ether oxygens (including phenoxy) is 12. The standard InChI is InChI=1S/C63H102O33/c1-24-45(92-51-44(81)46(29(70)18-85-51)93-55-48(82)62(84,22-67)23-88-55)40(77)43(80)52(89-24)94-47-35(72)28(69)17-86-54(47)96-56(83)63-12-11-57(2,3)13-26(63)25-7-8-32-58(4)14-27(68)49(61(20-65,21-66)33(58)9-10-59(32,5)60(25,6)15-34(63)71)95-53-42(79)39(76)37(74)31(91-53)19-87-50-41(78)38(75)36(73)30(16-64)90-50/h7,24,26-55,64-82,84H,8-23H2,1-6H3/t24-,26-,27-,28-,29+,30+,31+,32+,33+,34?,35-,36+,37+,38-,39-,40-,41+,42+,43+,44+,45-,46-,47+,48-,49-,50+,51-,52-,53-,54-,55-,58+,59+,60+,62+,63?/m0/s1. The number of aliphatic hydroxyl groups excluding tert-OH is 19. The van der Waals surface area contributed by atoms with Crippen molar-refractivity contribution in [3.8, 4) is 0 Å². The van der Waals surface area contributed by atoms with Crippen LogP contribution in [0.4, 0.5) is 0 Å². The topological polar surface area (TPSA) is 532 Å². The third-order valence-corrected chi connectivity index (χ3v) is 24.7. The Kier molecular flexibility index (Phi) is 21.8. The summed E-state index contributed by atoms with van der Waals surface area (Å²) in [4.78, 5) is 15.5. The SMILES string of the molecule is C[C@@H]1O[C@@H](O[C@H]2[C@H](OC(=O)C34CCC(C)(C)C[C@H]3C3=CC[C@@H]5[C@@]6(C)C[C@H](O)[C@H](O[C@@H]7O[C@H](CO[C@@H]8O[C@H](CO)[C@@H](O)[C@H](O)[C@H]8O)[C@@H](O)[C@H](O)[C@H]7O)C(CO)(CO)[C@@H]6CC[C@@]5(C)[C@]3(C)CC4O)OC[C@H](O)[C@@H]2O)[C@H](O)[C@H](O)[C@H]1O[C@@H]1OC[C@@H](O)[C@H](O[C@@H]2OC[C@](O)(CO)[C@H]2O)[C@H]1O. The van der Waals surface area contributed by atoms with E-state index < -0.39 is 275 Å². The van der Waals surface area contributed by atoms with E-state index in [1.165, 1.54) is 6.92 Å². The third-order valence-electron chi connectivity index (χ3n) is 24.7. The molecule has 20 N–H and O–H groups in total. The summed E-state index contributed by atoms with van der Waals surface area (Å²) in [5.41, 5.74) is -7.34. The van der Waals surface area contributed by atoms with Crippen LogP contribution in [0.15, 0.2) is 11.6 Å². The van der Waals surface area contributed by atoms with E-state index in [0.29, 0.717) is 32.1 Å². The van der Waals surface area contributed by atoms with Crippen molar-refractivity contribution in [2.45, 2.75) is 271 Å². The molecular formula is C63H102O33. The Morgan fingerprint density at radius 2 is 1.16 bits per heavy atom. The molecule has 2 unspecified atom stereocenters. The first-order chi connectivity index (χ1) is 45.1. The van der Waals surface area contributed by atoms with Gasteiger partial charge in [-0.25, -0.2) is 0 Å². The Hall–Kier alpha value is -2.03. The van der Waals surface area contributed by atoms with Crippen molar-refractivity contribution in [1.82, 2.24) is 0 Å². The van der Waals surface area contributed by atoms with E-state index in [2.05, 4.69) is 33.8 Å². The van der Waals surface area contributed by atoms with E-state index in [0.717, 1.165) is 5.57 Å². The van der Waals surface area contributed by atoms with Gasteiger partial charge in [0.1, 0.15) is 115 Å². The summed E-state index contributed by atoms with van der Waals surface area (Å²) >= 11 is 0. The van der Waals surface area contributed by atoms with E-state index in [4.69, 9.17) is 56.8 Å². The quantitative estimate of drug-likeness (QED) is 0.0365. The van der Waals surface area contributed by atoms with Gasteiger partial charge in [0.2, 0.25) is 6.29 Å². The maximum Gasteiger partial charge on any atom is 0.317 e. The molecule has 0 aromatic heterocycles. The molecule has 11 aliphatic rings. The molecular weight excluding hydrogens is 1280 g/mol. The number of hydrogen-bond donors (Lipinski definition) is 20. The zero-order valence-corrected chi connectivity index (χ0v) is 54.5. The fourth-order valence-electron chi connectivity index (χ4n) is 18.8. The Bertz CT molecular complexity index is 2710. The molecule has 96 heavy (non-hydrogen) atoms. The molecule has 33 heteroatoms. The lowest BCUT2D eigenvalue weighted by molar-refractivity contribution is -0.372. The van der Waals surface area contributed by atoms with Crippen LogP contribution in [0.25, 0.3) is 0 Å². The molecule has 6 heterocycles. The van der Waals surface area contributed by atoms with Crippen LogP contribution in [0.5, 0.6) is 0 Å². The van der Waals surface area contributed by atoms with Crippen LogP contribution in [0.2, 0.25) is 0 Å². The van der Waals surface area contributed by atoms with Gasteiger partial charge in [-0.05, 0) is 97.7 Å². The van der Waals surface area contributed by atoms with E-state index in [9.17, 15) is 102 Å². The maximum absolute atomic E-state index is 15.5. The molecule has 0 bridgehead atoms. The number of carbonyl (C=O) groups is 1. The van der Waals surface area contributed by atoms with Crippen molar-refractivity contribution < 1.29 is 164 Å². The van der Waals surface area contributed by atoms with Gasteiger partial charge in [-0.2, -0.15) is 0 Å². The third kappa shape index (κ3) is 12.4. The average molecular weight is 1390 g/mol. The van der Waals surface area contributed by atoms with Gasteiger partial charge in [0.15, 0.2) is 37.6 Å². The van der Waals surface area contributed by atoms with Crippen LogP contribution in [0, 0.1) is 50.2 Å². The summed E-state index contributed by atoms with van der Waals surface area (Å²) in [6.07, 6.45) is -43.1. The number of carbonyl (C=O) groups excluding carboxylic acids is 1. The highest BCUT2D eigenvalue weighted by atomic mass is 16.8. The number of esters is 1.